The monoisotopic (exact) mass is 166 g/mol. The molecule has 1 heterocycles. The van der Waals surface area contributed by atoms with Crippen LogP contribution in [0.2, 0.25) is 0 Å². The maximum atomic E-state index is 12.9. The zero-order valence-corrected chi connectivity index (χ0v) is 6.92. The van der Waals surface area contributed by atoms with Gasteiger partial charge in [0.2, 0.25) is 0 Å². The van der Waals surface area contributed by atoms with Crippen LogP contribution in [0.3, 0.4) is 0 Å². The van der Waals surface area contributed by atoms with Crippen LogP contribution in [-0.2, 0) is 0 Å². The van der Waals surface area contributed by atoms with Gasteiger partial charge in [0.05, 0.1) is 6.20 Å². The molecule has 1 rings (SSSR count). The van der Waals surface area contributed by atoms with Gasteiger partial charge in [0.15, 0.2) is 0 Å². The Balaban J connectivity index is 2.68. The van der Waals surface area contributed by atoms with Crippen LogP contribution in [0.15, 0.2) is 24.5 Å². The van der Waals surface area contributed by atoms with Crippen molar-refractivity contribution < 1.29 is 4.39 Å². The summed E-state index contributed by atoms with van der Waals surface area (Å²) in [5.41, 5.74) is 0.570. The van der Waals surface area contributed by atoms with E-state index in [1.54, 1.807) is 18.3 Å². The molecule has 0 saturated heterocycles. The van der Waals surface area contributed by atoms with Gasteiger partial charge in [-0.1, -0.05) is 12.2 Å². The van der Waals surface area contributed by atoms with Gasteiger partial charge in [-0.2, -0.15) is 0 Å². The lowest BCUT2D eigenvalue weighted by Crippen LogP contribution is -2.03. The zero-order valence-electron chi connectivity index (χ0n) is 6.92. The highest BCUT2D eigenvalue weighted by Crippen LogP contribution is 2.05. The van der Waals surface area contributed by atoms with E-state index >= 15 is 0 Å². The van der Waals surface area contributed by atoms with Crippen LogP contribution in [0, 0.1) is 5.82 Å². The number of likely N-dealkylation sites (N-methyl/N-ethyl adjacent to an activating group) is 1. The molecule has 0 bridgehead atoms. The molecule has 3 heteroatoms. The van der Waals surface area contributed by atoms with Crippen LogP contribution >= 0.6 is 0 Å². The van der Waals surface area contributed by atoms with E-state index in [1.165, 1.54) is 6.20 Å². The first-order chi connectivity index (χ1) is 5.84. The summed E-state index contributed by atoms with van der Waals surface area (Å²) < 4.78 is 12.9. The van der Waals surface area contributed by atoms with Crippen molar-refractivity contribution in [2.75, 3.05) is 13.6 Å². The normalized spacial score (nSPS) is 10.8. The van der Waals surface area contributed by atoms with Crippen molar-refractivity contribution in [3.05, 3.63) is 35.9 Å². The number of nitrogens with one attached hydrogen (secondary N) is 1. The Morgan fingerprint density at radius 1 is 1.67 bits per heavy atom. The summed E-state index contributed by atoms with van der Waals surface area (Å²) >= 11 is 0. The largest absolute Gasteiger partial charge is 0.316 e. The van der Waals surface area contributed by atoms with Gasteiger partial charge in [-0.25, -0.2) is 4.39 Å². The summed E-state index contributed by atoms with van der Waals surface area (Å²) in [7, 11) is 1.84. The van der Waals surface area contributed by atoms with Crippen LogP contribution < -0.4 is 5.32 Å². The van der Waals surface area contributed by atoms with Crippen LogP contribution in [0.4, 0.5) is 4.39 Å². The molecule has 2 nitrogen and oxygen atoms in total. The van der Waals surface area contributed by atoms with Crippen LogP contribution in [-0.4, -0.2) is 18.6 Å². The molecule has 0 aromatic carbocycles. The molecule has 0 amide bonds. The van der Waals surface area contributed by atoms with Crippen LogP contribution in [0.5, 0.6) is 0 Å². The molecule has 12 heavy (non-hydrogen) atoms. The third-order valence-electron chi connectivity index (χ3n) is 1.42. The van der Waals surface area contributed by atoms with E-state index in [0.29, 0.717) is 5.56 Å². The van der Waals surface area contributed by atoms with Crippen molar-refractivity contribution in [2.24, 2.45) is 0 Å². The Morgan fingerprint density at radius 2 is 2.50 bits per heavy atom. The Labute approximate surface area is 71.1 Å². The molecule has 0 spiro atoms. The van der Waals surface area contributed by atoms with Gasteiger partial charge in [0.1, 0.15) is 5.82 Å². The SMILES string of the molecule is CNCC=Cc1ccncc1F. The smallest absolute Gasteiger partial charge is 0.148 e. The second-order valence-corrected chi connectivity index (χ2v) is 2.36. The molecule has 1 aromatic heterocycles. The first-order valence-corrected chi connectivity index (χ1v) is 3.75. The zero-order chi connectivity index (χ0) is 8.81. The number of rotatable bonds is 3. The van der Waals surface area contributed by atoms with E-state index in [1.807, 2.05) is 13.1 Å². The molecule has 0 fully saturated rings. The van der Waals surface area contributed by atoms with Crippen molar-refractivity contribution in [1.82, 2.24) is 10.3 Å². The number of aromatic nitrogens is 1. The number of hydrogen-bond acceptors (Lipinski definition) is 2. The Kier molecular flexibility index (Phi) is 3.41. The Hall–Kier alpha value is -1.22. The van der Waals surface area contributed by atoms with Gasteiger partial charge < -0.3 is 5.32 Å². The van der Waals surface area contributed by atoms with Crippen molar-refractivity contribution >= 4 is 6.08 Å². The summed E-state index contributed by atoms with van der Waals surface area (Å²) in [6.07, 6.45) is 6.37. The van der Waals surface area contributed by atoms with E-state index in [0.717, 1.165) is 6.54 Å². The standard InChI is InChI=1S/C9H11FN2/c1-11-5-2-3-8-4-6-12-7-9(8)10/h2-4,6-7,11H,5H2,1H3. The van der Waals surface area contributed by atoms with Crippen molar-refractivity contribution in [3.8, 4) is 0 Å². The fourth-order valence-electron chi connectivity index (χ4n) is 0.825. The molecule has 0 atom stereocenters. The minimum absolute atomic E-state index is 0.287. The lowest BCUT2D eigenvalue weighted by molar-refractivity contribution is 0.618. The lowest BCUT2D eigenvalue weighted by Gasteiger charge is -1.93. The number of halogens is 1. The molecule has 0 aliphatic heterocycles. The minimum atomic E-state index is -0.287. The molecule has 64 valence electrons. The highest BCUT2D eigenvalue weighted by Gasteiger charge is 1.94. The van der Waals surface area contributed by atoms with Gasteiger partial charge >= 0.3 is 0 Å². The van der Waals surface area contributed by atoms with E-state index in [4.69, 9.17) is 0 Å². The van der Waals surface area contributed by atoms with Gasteiger partial charge in [-0.15, -0.1) is 0 Å². The fourth-order valence-corrected chi connectivity index (χ4v) is 0.825. The average molecular weight is 166 g/mol. The maximum Gasteiger partial charge on any atom is 0.148 e. The summed E-state index contributed by atoms with van der Waals surface area (Å²) in [6, 6.07) is 1.64. The molecular weight excluding hydrogens is 155 g/mol. The quantitative estimate of drug-likeness (QED) is 0.735. The predicted molar refractivity (Wildman–Crippen MR) is 47.2 cm³/mol. The number of pyridine rings is 1. The molecular formula is C9H11FN2. The van der Waals surface area contributed by atoms with E-state index < -0.39 is 0 Å². The van der Waals surface area contributed by atoms with Crippen molar-refractivity contribution in [1.29, 1.82) is 0 Å². The molecule has 0 saturated carbocycles. The molecule has 1 N–H and O–H groups in total. The molecule has 0 aliphatic carbocycles. The summed E-state index contributed by atoms with van der Waals surface area (Å²) in [5.74, 6) is -0.287. The first-order valence-electron chi connectivity index (χ1n) is 3.75. The maximum absolute atomic E-state index is 12.9. The minimum Gasteiger partial charge on any atom is -0.316 e. The van der Waals surface area contributed by atoms with Crippen molar-refractivity contribution in [3.63, 3.8) is 0 Å². The van der Waals surface area contributed by atoms with Gasteiger partial charge in [-0.05, 0) is 13.1 Å². The predicted octanol–water partition coefficient (Wildman–Crippen LogP) is 1.45. The highest BCUT2D eigenvalue weighted by molar-refractivity contribution is 5.48. The molecule has 1 aromatic rings. The topological polar surface area (TPSA) is 24.9 Å². The highest BCUT2D eigenvalue weighted by atomic mass is 19.1. The van der Waals surface area contributed by atoms with Crippen LogP contribution in [0.1, 0.15) is 5.56 Å². The Bertz CT molecular complexity index is 271. The molecule has 0 aliphatic rings. The second kappa shape index (κ2) is 4.62. The summed E-state index contributed by atoms with van der Waals surface area (Å²) in [5, 5.41) is 2.93. The van der Waals surface area contributed by atoms with E-state index in [9.17, 15) is 4.39 Å². The summed E-state index contributed by atoms with van der Waals surface area (Å²) in [6.45, 7) is 0.738. The third-order valence-corrected chi connectivity index (χ3v) is 1.42. The van der Waals surface area contributed by atoms with Crippen LogP contribution in [0.25, 0.3) is 6.08 Å². The second-order valence-electron chi connectivity index (χ2n) is 2.36. The molecule has 0 radical (unpaired) electrons. The van der Waals surface area contributed by atoms with Gasteiger partial charge in [0, 0.05) is 18.3 Å². The van der Waals surface area contributed by atoms with Gasteiger partial charge in [-0.3, -0.25) is 4.98 Å². The Morgan fingerprint density at radius 3 is 3.17 bits per heavy atom. The number of hydrogen-bond donors (Lipinski definition) is 1. The van der Waals surface area contributed by atoms with Crippen molar-refractivity contribution in [2.45, 2.75) is 0 Å². The first kappa shape index (κ1) is 8.87. The molecule has 0 unspecified atom stereocenters. The van der Waals surface area contributed by atoms with E-state index in [2.05, 4.69) is 10.3 Å². The fraction of sp³-hybridized carbons (Fsp3) is 0.222. The summed E-state index contributed by atoms with van der Waals surface area (Å²) in [4.78, 5) is 3.65. The van der Waals surface area contributed by atoms with Gasteiger partial charge in [0.25, 0.3) is 0 Å². The van der Waals surface area contributed by atoms with E-state index in [-0.39, 0.29) is 5.82 Å². The number of nitrogens with zero attached hydrogens (tertiary/aromatic N) is 1. The lowest BCUT2D eigenvalue weighted by atomic mass is 10.2. The average Bonchev–Trinajstić information content (AvgIpc) is 2.09. The third kappa shape index (κ3) is 2.43.